The first-order valence-electron chi connectivity index (χ1n) is 6.12. The van der Waals surface area contributed by atoms with Gasteiger partial charge in [-0.2, -0.15) is 5.10 Å². The van der Waals surface area contributed by atoms with E-state index in [9.17, 15) is 4.79 Å². The zero-order valence-corrected chi connectivity index (χ0v) is 10.6. The molecule has 98 valence electrons. The highest BCUT2D eigenvalue weighted by molar-refractivity contribution is 5.81. The molecule has 0 spiro atoms. The standard InChI is InChI=1S/C13H15N5O/c1-18-7-9(4-5-14)12(17-18)8-2-3-10-11(6-8)16-13(19)15-10/h2-3,6-7H,4-5,14H2,1H3,(H2,15,16,19). The van der Waals surface area contributed by atoms with Crippen LogP contribution in [0, 0.1) is 0 Å². The van der Waals surface area contributed by atoms with E-state index in [0.29, 0.717) is 6.54 Å². The molecule has 0 aliphatic rings. The maximum Gasteiger partial charge on any atom is 0.323 e. The van der Waals surface area contributed by atoms with Crippen LogP contribution in [-0.4, -0.2) is 26.3 Å². The third-order valence-corrected chi connectivity index (χ3v) is 3.11. The van der Waals surface area contributed by atoms with Gasteiger partial charge in [-0.05, 0) is 30.7 Å². The number of imidazole rings is 1. The van der Waals surface area contributed by atoms with E-state index in [-0.39, 0.29) is 5.69 Å². The van der Waals surface area contributed by atoms with Gasteiger partial charge in [-0.3, -0.25) is 4.68 Å². The second-order valence-corrected chi connectivity index (χ2v) is 4.55. The molecule has 0 aliphatic heterocycles. The van der Waals surface area contributed by atoms with Gasteiger partial charge in [0.05, 0.1) is 16.7 Å². The number of aryl methyl sites for hydroxylation is 1. The third kappa shape index (κ3) is 2.06. The van der Waals surface area contributed by atoms with Crippen LogP contribution in [0.1, 0.15) is 5.56 Å². The van der Waals surface area contributed by atoms with Crippen LogP contribution in [0.2, 0.25) is 0 Å². The van der Waals surface area contributed by atoms with Crippen molar-refractivity contribution in [2.45, 2.75) is 6.42 Å². The number of aromatic nitrogens is 4. The SMILES string of the molecule is Cn1cc(CCN)c(-c2ccc3[nH]c(=O)[nH]c3c2)n1. The predicted molar refractivity (Wildman–Crippen MR) is 73.9 cm³/mol. The molecule has 3 rings (SSSR count). The number of nitrogens with two attached hydrogens (primary N) is 1. The van der Waals surface area contributed by atoms with Crippen LogP contribution >= 0.6 is 0 Å². The number of aromatic amines is 2. The van der Waals surface area contributed by atoms with Crippen molar-refractivity contribution in [2.24, 2.45) is 12.8 Å². The minimum Gasteiger partial charge on any atom is -0.330 e. The van der Waals surface area contributed by atoms with Crippen molar-refractivity contribution in [3.8, 4) is 11.3 Å². The van der Waals surface area contributed by atoms with Crippen molar-refractivity contribution in [3.63, 3.8) is 0 Å². The van der Waals surface area contributed by atoms with Gasteiger partial charge in [0.25, 0.3) is 0 Å². The van der Waals surface area contributed by atoms with Crippen LogP contribution < -0.4 is 11.4 Å². The summed E-state index contributed by atoms with van der Waals surface area (Å²) in [5.74, 6) is 0. The molecule has 2 aromatic heterocycles. The molecule has 0 unspecified atom stereocenters. The molecule has 0 saturated carbocycles. The summed E-state index contributed by atoms with van der Waals surface area (Å²) in [5, 5.41) is 4.47. The van der Waals surface area contributed by atoms with Crippen LogP contribution in [0.4, 0.5) is 0 Å². The highest BCUT2D eigenvalue weighted by Gasteiger charge is 2.10. The smallest absolute Gasteiger partial charge is 0.323 e. The maximum absolute atomic E-state index is 11.3. The van der Waals surface area contributed by atoms with Gasteiger partial charge < -0.3 is 15.7 Å². The molecule has 0 saturated heterocycles. The predicted octanol–water partition coefficient (Wildman–Crippen LogP) is 0.758. The molecule has 6 nitrogen and oxygen atoms in total. The number of nitrogens with zero attached hydrogens (tertiary/aromatic N) is 2. The summed E-state index contributed by atoms with van der Waals surface area (Å²) in [5.41, 5.74) is 10.0. The second kappa shape index (κ2) is 4.40. The summed E-state index contributed by atoms with van der Waals surface area (Å²) in [6.45, 7) is 0.585. The fourth-order valence-corrected chi connectivity index (χ4v) is 2.30. The summed E-state index contributed by atoms with van der Waals surface area (Å²) < 4.78 is 1.78. The van der Waals surface area contributed by atoms with Crippen LogP contribution in [0.5, 0.6) is 0 Å². The molecule has 0 fully saturated rings. The number of hydrogen-bond donors (Lipinski definition) is 3. The van der Waals surface area contributed by atoms with Gasteiger partial charge in [-0.1, -0.05) is 6.07 Å². The molecular weight excluding hydrogens is 242 g/mol. The second-order valence-electron chi connectivity index (χ2n) is 4.55. The van der Waals surface area contributed by atoms with Gasteiger partial charge in [0.2, 0.25) is 0 Å². The monoisotopic (exact) mass is 257 g/mol. The number of rotatable bonds is 3. The van der Waals surface area contributed by atoms with Crippen LogP contribution in [-0.2, 0) is 13.5 Å². The number of H-pyrrole nitrogens is 2. The van der Waals surface area contributed by atoms with E-state index in [1.807, 2.05) is 31.4 Å². The van der Waals surface area contributed by atoms with E-state index in [2.05, 4.69) is 15.1 Å². The van der Waals surface area contributed by atoms with Gasteiger partial charge >= 0.3 is 5.69 Å². The first kappa shape index (κ1) is 11.7. The third-order valence-electron chi connectivity index (χ3n) is 3.11. The molecule has 19 heavy (non-hydrogen) atoms. The largest absolute Gasteiger partial charge is 0.330 e. The Bertz CT molecular complexity index is 780. The van der Waals surface area contributed by atoms with Crippen LogP contribution in [0.25, 0.3) is 22.3 Å². The normalized spacial score (nSPS) is 11.3. The molecule has 2 heterocycles. The lowest BCUT2D eigenvalue weighted by Gasteiger charge is -2.01. The van der Waals surface area contributed by atoms with Gasteiger partial charge in [0, 0.05) is 18.8 Å². The Labute approximate surface area is 109 Å². The van der Waals surface area contributed by atoms with E-state index >= 15 is 0 Å². The lowest BCUT2D eigenvalue weighted by molar-refractivity contribution is 0.769. The highest BCUT2D eigenvalue weighted by atomic mass is 16.1. The summed E-state index contributed by atoms with van der Waals surface area (Å²) >= 11 is 0. The highest BCUT2D eigenvalue weighted by Crippen LogP contribution is 2.24. The summed E-state index contributed by atoms with van der Waals surface area (Å²) in [4.78, 5) is 16.7. The van der Waals surface area contributed by atoms with Crippen molar-refractivity contribution in [1.29, 1.82) is 0 Å². The Morgan fingerprint density at radius 1 is 1.32 bits per heavy atom. The topological polar surface area (TPSA) is 92.5 Å². The Balaban J connectivity index is 2.15. The Hall–Kier alpha value is -2.34. The fraction of sp³-hybridized carbons (Fsp3) is 0.231. The Kier molecular flexibility index (Phi) is 2.72. The number of nitrogens with one attached hydrogen (secondary N) is 2. The van der Waals surface area contributed by atoms with Crippen LogP contribution in [0.15, 0.2) is 29.2 Å². The fourth-order valence-electron chi connectivity index (χ4n) is 2.30. The minimum atomic E-state index is -0.199. The molecule has 0 bridgehead atoms. The zero-order chi connectivity index (χ0) is 13.4. The molecular formula is C13H15N5O. The van der Waals surface area contributed by atoms with Crippen molar-refractivity contribution in [1.82, 2.24) is 19.7 Å². The average molecular weight is 257 g/mol. The summed E-state index contributed by atoms with van der Waals surface area (Å²) in [7, 11) is 1.89. The lowest BCUT2D eigenvalue weighted by atomic mass is 10.1. The van der Waals surface area contributed by atoms with Crippen molar-refractivity contribution in [2.75, 3.05) is 6.54 Å². The van der Waals surface area contributed by atoms with Crippen LogP contribution in [0.3, 0.4) is 0 Å². The van der Waals surface area contributed by atoms with E-state index in [1.54, 1.807) is 4.68 Å². The van der Waals surface area contributed by atoms with E-state index in [4.69, 9.17) is 5.73 Å². The van der Waals surface area contributed by atoms with Gasteiger partial charge in [-0.15, -0.1) is 0 Å². The van der Waals surface area contributed by atoms with E-state index in [1.165, 1.54) is 0 Å². The average Bonchev–Trinajstić information content (AvgIpc) is 2.90. The first-order valence-corrected chi connectivity index (χ1v) is 6.12. The molecule has 0 radical (unpaired) electrons. The molecule has 0 aliphatic carbocycles. The number of benzene rings is 1. The molecule has 1 aromatic carbocycles. The van der Waals surface area contributed by atoms with Crippen molar-refractivity contribution in [3.05, 3.63) is 40.4 Å². The van der Waals surface area contributed by atoms with Gasteiger partial charge in [-0.25, -0.2) is 4.79 Å². The van der Waals surface area contributed by atoms with Crippen molar-refractivity contribution < 1.29 is 0 Å². The molecule has 0 atom stereocenters. The van der Waals surface area contributed by atoms with E-state index < -0.39 is 0 Å². The molecule has 3 aromatic rings. The molecule has 6 heteroatoms. The minimum absolute atomic E-state index is 0.199. The summed E-state index contributed by atoms with van der Waals surface area (Å²) in [6.07, 6.45) is 2.76. The van der Waals surface area contributed by atoms with E-state index in [0.717, 1.165) is 34.3 Å². The molecule has 4 N–H and O–H groups in total. The van der Waals surface area contributed by atoms with Gasteiger partial charge in [0.1, 0.15) is 0 Å². The van der Waals surface area contributed by atoms with Gasteiger partial charge in [0.15, 0.2) is 0 Å². The molecule has 0 amide bonds. The number of fused-ring (bicyclic) bond motifs is 1. The summed E-state index contributed by atoms with van der Waals surface area (Å²) in [6, 6.07) is 5.76. The Morgan fingerprint density at radius 2 is 2.11 bits per heavy atom. The quantitative estimate of drug-likeness (QED) is 0.646. The lowest BCUT2D eigenvalue weighted by Crippen LogP contribution is -2.02. The maximum atomic E-state index is 11.3. The zero-order valence-electron chi connectivity index (χ0n) is 10.6. The Morgan fingerprint density at radius 3 is 2.89 bits per heavy atom. The number of hydrogen-bond acceptors (Lipinski definition) is 3. The van der Waals surface area contributed by atoms with Crippen molar-refractivity contribution >= 4 is 11.0 Å². The first-order chi connectivity index (χ1) is 9.17.